The van der Waals surface area contributed by atoms with Crippen molar-refractivity contribution in [2.75, 3.05) is 18.8 Å². The number of piperidine rings is 1. The number of hydrogen-bond acceptors (Lipinski definition) is 6. The summed E-state index contributed by atoms with van der Waals surface area (Å²) < 4.78 is 1.71. The maximum absolute atomic E-state index is 9.34. The number of phenolic OH excluding ortho intramolecular Hbond substituents is 1. The van der Waals surface area contributed by atoms with Crippen LogP contribution >= 0.6 is 11.8 Å². The molecule has 3 rings (SSSR count). The van der Waals surface area contributed by atoms with E-state index in [1.54, 1.807) is 40.7 Å². The number of nitrogens with one attached hydrogen (secondary N) is 1. The molecule has 2 aromatic rings. The summed E-state index contributed by atoms with van der Waals surface area (Å²) >= 11 is 1.68. The van der Waals surface area contributed by atoms with Gasteiger partial charge in [-0.15, -0.1) is 5.10 Å². The summed E-state index contributed by atoms with van der Waals surface area (Å²) in [5.41, 5.74) is 0.861. The Morgan fingerprint density at radius 3 is 2.95 bits per heavy atom. The van der Waals surface area contributed by atoms with Crippen LogP contribution in [0.25, 0.3) is 5.69 Å². The first kappa shape index (κ1) is 14.3. The minimum absolute atomic E-state index is 0.242. The molecule has 0 aliphatic carbocycles. The zero-order chi connectivity index (χ0) is 14.5. The monoisotopic (exact) mass is 305 g/mol. The molecule has 21 heavy (non-hydrogen) atoms. The van der Waals surface area contributed by atoms with Gasteiger partial charge in [0.15, 0.2) is 0 Å². The van der Waals surface area contributed by atoms with Crippen LogP contribution in [0.4, 0.5) is 0 Å². The third-order valence-electron chi connectivity index (χ3n) is 3.69. The average Bonchev–Trinajstić information content (AvgIpc) is 2.98. The Labute approximate surface area is 127 Å². The highest BCUT2D eigenvalue weighted by Crippen LogP contribution is 2.23. The van der Waals surface area contributed by atoms with Gasteiger partial charge in [0.1, 0.15) is 5.75 Å². The number of phenols is 1. The highest BCUT2D eigenvalue weighted by molar-refractivity contribution is 7.99. The van der Waals surface area contributed by atoms with Crippen molar-refractivity contribution in [3.8, 4) is 11.4 Å². The molecule has 0 bridgehead atoms. The van der Waals surface area contributed by atoms with Crippen LogP contribution in [0.15, 0.2) is 29.4 Å². The van der Waals surface area contributed by atoms with E-state index in [1.165, 1.54) is 19.3 Å². The Morgan fingerprint density at radius 2 is 2.19 bits per heavy atom. The van der Waals surface area contributed by atoms with Gasteiger partial charge in [-0.1, -0.05) is 11.8 Å². The van der Waals surface area contributed by atoms with Crippen LogP contribution in [-0.4, -0.2) is 44.2 Å². The van der Waals surface area contributed by atoms with E-state index in [0.29, 0.717) is 0 Å². The largest absolute Gasteiger partial charge is 0.508 e. The number of tetrazole rings is 1. The molecule has 1 saturated heterocycles. The van der Waals surface area contributed by atoms with E-state index < -0.39 is 0 Å². The SMILES string of the molecule is Oc1ccc(-n2nnnc2SCCC2CCCNC2)cc1. The summed E-state index contributed by atoms with van der Waals surface area (Å²) in [6, 6.07) is 6.89. The van der Waals surface area contributed by atoms with Crippen molar-refractivity contribution in [3.63, 3.8) is 0 Å². The fourth-order valence-corrected chi connectivity index (χ4v) is 3.50. The summed E-state index contributed by atoms with van der Waals surface area (Å²) in [5, 5.41) is 25.4. The number of thioether (sulfide) groups is 1. The summed E-state index contributed by atoms with van der Waals surface area (Å²) in [4.78, 5) is 0. The van der Waals surface area contributed by atoms with Crippen LogP contribution in [0.1, 0.15) is 19.3 Å². The van der Waals surface area contributed by atoms with E-state index in [2.05, 4.69) is 20.8 Å². The summed E-state index contributed by atoms with van der Waals surface area (Å²) in [6.07, 6.45) is 3.77. The molecule has 0 saturated carbocycles. The van der Waals surface area contributed by atoms with Gasteiger partial charge in [-0.3, -0.25) is 0 Å². The van der Waals surface area contributed by atoms with Crippen molar-refractivity contribution in [2.24, 2.45) is 5.92 Å². The first-order valence-corrected chi connectivity index (χ1v) is 8.23. The van der Waals surface area contributed by atoms with E-state index in [9.17, 15) is 5.11 Å². The number of rotatable bonds is 5. The Hall–Kier alpha value is -1.60. The van der Waals surface area contributed by atoms with Crippen LogP contribution in [0.5, 0.6) is 5.75 Å². The van der Waals surface area contributed by atoms with Crippen LogP contribution in [0, 0.1) is 5.92 Å². The van der Waals surface area contributed by atoms with E-state index in [-0.39, 0.29) is 5.75 Å². The minimum Gasteiger partial charge on any atom is -0.508 e. The van der Waals surface area contributed by atoms with E-state index >= 15 is 0 Å². The zero-order valence-corrected chi connectivity index (χ0v) is 12.6. The van der Waals surface area contributed by atoms with Crippen molar-refractivity contribution in [1.29, 1.82) is 0 Å². The number of hydrogen-bond donors (Lipinski definition) is 2. The molecule has 2 N–H and O–H groups in total. The maximum Gasteiger partial charge on any atom is 0.214 e. The fraction of sp³-hybridized carbons (Fsp3) is 0.500. The molecule has 1 aliphatic heterocycles. The third-order valence-corrected chi connectivity index (χ3v) is 4.64. The Bertz CT molecular complexity index is 565. The standard InChI is InChI=1S/C14H19N5OS/c20-13-5-3-12(4-6-13)19-14(16-17-18-19)21-9-7-11-2-1-8-15-10-11/h3-6,11,15,20H,1-2,7-10H2. The van der Waals surface area contributed by atoms with Crippen LogP contribution in [0.3, 0.4) is 0 Å². The van der Waals surface area contributed by atoms with Crippen molar-refractivity contribution < 1.29 is 5.11 Å². The quantitative estimate of drug-likeness (QED) is 0.821. The minimum atomic E-state index is 0.242. The first-order valence-electron chi connectivity index (χ1n) is 7.24. The molecule has 112 valence electrons. The second-order valence-electron chi connectivity index (χ2n) is 5.24. The van der Waals surface area contributed by atoms with Gasteiger partial charge in [0, 0.05) is 5.75 Å². The topological polar surface area (TPSA) is 75.9 Å². The lowest BCUT2D eigenvalue weighted by atomic mass is 9.97. The second-order valence-corrected chi connectivity index (χ2v) is 6.30. The molecule has 1 aromatic heterocycles. The molecule has 7 heteroatoms. The smallest absolute Gasteiger partial charge is 0.214 e. The highest BCUT2D eigenvalue weighted by Gasteiger charge is 2.14. The third kappa shape index (κ3) is 3.74. The van der Waals surface area contributed by atoms with E-state index in [4.69, 9.17) is 0 Å². The lowest BCUT2D eigenvalue weighted by molar-refractivity contribution is 0.371. The van der Waals surface area contributed by atoms with Gasteiger partial charge in [0.05, 0.1) is 5.69 Å². The molecule has 2 heterocycles. The molecule has 0 radical (unpaired) electrons. The molecule has 1 aromatic carbocycles. The predicted molar refractivity (Wildman–Crippen MR) is 81.8 cm³/mol. The van der Waals surface area contributed by atoms with Crippen LogP contribution in [0.2, 0.25) is 0 Å². The Balaban J connectivity index is 1.59. The second kappa shape index (κ2) is 6.91. The number of aromatic hydroxyl groups is 1. The predicted octanol–water partition coefficient (Wildman–Crippen LogP) is 1.85. The molecule has 1 aliphatic rings. The van der Waals surface area contributed by atoms with Crippen molar-refractivity contribution in [1.82, 2.24) is 25.5 Å². The molecule has 0 amide bonds. The Morgan fingerprint density at radius 1 is 1.33 bits per heavy atom. The van der Waals surface area contributed by atoms with Gasteiger partial charge in [-0.05, 0) is 73.0 Å². The zero-order valence-electron chi connectivity index (χ0n) is 11.8. The Kier molecular flexibility index (Phi) is 4.72. The first-order chi connectivity index (χ1) is 10.3. The van der Waals surface area contributed by atoms with Gasteiger partial charge in [-0.2, -0.15) is 4.68 Å². The van der Waals surface area contributed by atoms with Crippen LogP contribution < -0.4 is 5.32 Å². The lowest BCUT2D eigenvalue weighted by Gasteiger charge is -2.22. The van der Waals surface area contributed by atoms with E-state index in [1.807, 2.05) is 0 Å². The van der Waals surface area contributed by atoms with Crippen molar-refractivity contribution in [3.05, 3.63) is 24.3 Å². The highest BCUT2D eigenvalue weighted by atomic mass is 32.2. The van der Waals surface area contributed by atoms with Gasteiger partial charge in [0.25, 0.3) is 0 Å². The summed E-state index contributed by atoms with van der Waals surface area (Å²) in [6.45, 7) is 2.28. The van der Waals surface area contributed by atoms with E-state index in [0.717, 1.165) is 35.6 Å². The van der Waals surface area contributed by atoms with Gasteiger partial charge >= 0.3 is 0 Å². The molecule has 1 unspecified atom stereocenters. The molecule has 6 nitrogen and oxygen atoms in total. The van der Waals surface area contributed by atoms with Gasteiger partial charge in [-0.25, -0.2) is 0 Å². The van der Waals surface area contributed by atoms with Gasteiger partial charge in [0.2, 0.25) is 5.16 Å². The van der Waals surface area contributed by atoms with Gasteiger partial charge < -0.3 is 10.4 Å². The molecular formula is C14H19N5OS. The number of benzene rings is 1. The lowest BCUT2D eigenvalue weighted by Crippen LogP contribution is -2.29. The number of nitrogens with zero attached hydrogens (tertiary/aromatic N) is 4. The fourth-order valence-electron chi connectivity index (χ4n) is 2.51. The average molecular weight is 305 g/mol. The normalized spacial score (nSPS) is 18.8. The van der Waals surface area contributed by atoms with Crippen molar-refractivity contribution in [2.45, 2.75) is 24.4 Å². The molecule has 1 fully saturated rings. The van der Waals surface area contributed by atoms with Crippen LogP contribution in [-0.2, 0) is 0 Å². The molecule has 0 spiro atoms. The summed E-state index contributed by atoms with van der Waals surface area (Å²) in [7, 11) is 0. The molecule has 1 atom stereocenters. The molecular weight excluding hydrogens is 286 g/mol. The maximum atomic E-state index is 9.34. The summed E-state index contributed by atoms with van der Waals surface area (Å²) in [5.74, 6) is 2.03. The number of aromatic nitrogens is 4. The van der Waals surface area contributed by atoms with Crippen molar-refractivity contribution >= 4 is 11.8 Å².